The van der Waals surface area contributed by atoms with Crippen LogP contribution in [0.2, 0.25) is 0 Å². The normalized spacial score (nSPS) is 13.4. The summed E-state index contributed by atoms with van der Waals surface area (Å²) in [7, 11) is 0. The van der Waals surface area contributed by atoms with Crippen LogP contribution < -0.4 is 0 Å². The molecule has 5 nitrogen and oxygen atoms in total. The summed E-state index contributed by atoms with van der Waals surface area (Å²) in [6.07, 6.45) is 86.6. The van der Waals surface area contributed by atoms with Crippen molar-refractivity contribution in [2.75, 3.05) is 13.2 Å². The fourth-order valence-electron chi connectivity index (χ4n) is 7.09. The standard InChI is InChI=1S/C63H100O5/c1-3-5-7-9-11-13-15-17-19-21-23-24-25-26-27-28-29-30-31-32-33-34-35-36-37-38-40-42-44-46-48-50-52-54-56-58-63(66)68-61(59-64)60-67-62(65)57-55-53-51-49-47-45-43-41-39-22-20-18-16-14-12-10-8-6-4-2/h5-8,11-14,17-20,23-24,26-27,29-30,32-33,35-36,39,41,61,64H,3-4,9-10,15-16,21-22,25,28,31,34,37-38,40,42-60H2,1-2H3/b7-5-,8-6-,13-11-,14-12-,19-17-,20-18-,24-23-,27-26-,30-29-,33-32-,36-35-,41-39-. The Morgan fingerprint density at radius 3 is 0.882 bits per heavy atom. The van der Waals surface area contributed by atoms with Crippen LogP contribution in [0.3, 0.4) is 0 Å². The van der Waals surface area contributed by atoms with Crippen LogP contribution in [0, 0.1) is 0 Å². The molecule has 0 bridgehead atoms. The summed E-state index contributed by atoms with van der Waals surface area (Å²) in [5.41, 5.74) is 0. The van der Waals surface area contributed by atoms with Gasteiger partial charge in [-0.15, -0.1) is 0 Å². The lowest BCUT2D eigenvalue weighted by molar-refractivity contribution is -0.161. The zero-order valence-electron chi connectivity index (χ0n) is 43.6. The van der Waals surface area contributed by atoms with E-state index in [1.807, 2.05) is 0 Å². The maximum absolute atomic E-state index is 12.3. The number of esters is 2. The molecule has 5 heteroatoms. The Morgan fingerprint density at radius 1 is 0.338 bits per heavy atom. The monoisotopic (exact) mass is 937 g/mol. The second kappa shape index (κ2) is 57.1. The number of ether oxygens (including phenoxy) is 2. The van der Waals surface area contributed by atoms with Crippen LogP contribution in [0.25, 0.3) is 0 Å². The third kappa shape index (κ3) is 54.4. The Balaban J connectivity index is 3.60. The van der Waals surface area contributed by atoms with Crippen LogP contribution >= 0.6 is 0 Å². The van der Waals surface area contributed by atoms with Crippen molar-refractivity contribution in [2.45, 2.75) is 225 Å². The second-order valence-corrected chi connectivity index (χ2v) is 17.5. The molecular weight excluding hydrogens is 837 g/mol. The molecular formula is C63H100O5. The number of hydrogen-bond acceptors (Lipinski definition) is 5. The molecule has 0 spiro atoms. The van der Waals surface area contributed by atoms with E-state index >= 15 is 0 Å². The number of allylic oxidation sites excluding steroid dienone is 24. The lowest BCUT2D eigenvalue weighted by atomic mass is 10.0. The topological polar surface area (TPSA) is 72.8 Å². The summed E-state index contributed by atoms with van der Waals surface area (Å²) in [5, 5.41) is 9.64. The van der Waals surface area contributed by atoms with Gasteiger partial charge >= 0.3 is 11.9 Å². The third-order valence-electron chi connectivity index (χ3n) is 11.1. The van der Waals surface area contributed by atoms with Gasteiger partial charge in [0, 0.05) is 12.8 Å². The van der Waals surface area contributed by atoms with E-state index < -0.39 is 6.10 Å². The van der Waals surface area contributed by atoms with Gasteiger partial charge in [0.15, 0.2) is 6.10 Å². The Bertz CT molecular complexity index is 1480. The Kier molecular flexibility index (Phi) is 53.6. The van der Waals surface area contributed by atoms with E-state index in [4.69, 9.17) is 9.47 Å². The lowest BCUT2D eigenvalue weighted by Gasteiger charge is -2.15. The highest BCUT2D eigenvalue weighted by Gasteiger charge is 2.16. The van der Waals surface area contributed by atoms with E-state index in [0.717, 1.165) is 122 Å². The van der Waals surface area contributed by atoms with Gasteiger partial charge < -0.3 is 14.6 Å². The van der Waals surface area contributed by atoms with Crippen LogP contribution in [0.15, 0.2) is 146 Å². The van der Waals surface area contributed by atoms with E-state index in [1.165, 1.54) is 70.6 Å². The van der Waals surface area contributed by atoms with Crippen LogP contribution in [-0.2, 0) is 19.1 Å². The van der Waals surface area contributed by atoms with Crippen molar-refractivity contribution < 1.29 is 24.2 Å². The Morgan fingerprint density at radius 2 is 0.588 bits per heavy atom. The van der Waals surface area contributed by atoms with Crippen molar-refractivity contribution in [3.8, 4) is 0 Å². The first-order valence-corrected chi connectivity index (χ1v) is 27.4. The van der Waals surface area contributed by atoms with Crippen molar-refractivity contribution in [1.29, 1.82) is 0 Å². The van der Waals surface area contributed by atoms with Crippen molar-refractivity contribution in [2.24, 2.45) is 0 Å². The third-order valence-corrected chi connectivity index (χ3v) is 11.1. The number of aliphatic hydroxyl groups excluding tert-OH is 1. The van der Waals surface area contributed by atoms with Crippen molar-refractivity contribution in [3.63, 3.8) is 0 Å². The molecule has 1 unspecified atom stereocenters. The molecule has 0 aliphatic rings. The van der Waals surface area contributed by atoms with Gasteiger partial charge in [0.2, 0.25) is 0 Å². The first-order valence-electron chi connectivity index (χ1n) is 27.4. The summed E-state index contributed by atoms with van der Waals surface area (Å²) in [6, 6.07) is 0. The molecule has 0 aromatic heterocycles. The minimum absolute atomic E-state index is 0.0838. The second-order valence-electron chi connectivity index (χ2n) is 17.5. The smallest absolute Gasteiger partial charge is 0.306 e. The van der Waals surface area contributed by atoms with Crippen molar-refractivity contribution in [1.82, 2.24) is 0 Å². The molecule has 0 saturated heterocycles. The van der Waals surface area contributed by atoms with Crippen LogP contribution in [0.5, 0.6) is 0 Å². The Labute approximate surface area is 418 Å². The summed E-state index contributed by atoms with van der Waals surface area (Å²) in [5.74, 6) is -0.621. The summed E-state index contributed by atoms with van der Waals surface area (Å²) < 4.78 is 10.7. The molecule has 1 atom stereocenters. The zero-order valence-corrected chi connectivity index (χ0v) is 43.6. The first kappa shape index (κ1) is 63.8. The number of aliphatic hydroxyl groups is 1. The fourth-order valence-corrected chi connectivity index (χ4v) is 7.09. The summed E-state index contributed by atoms with van der Waals surface area (Å²) in [4.78, 5) is 24.5. The molecule has 0 amide bonds. The van der Waals surface area contributed by atoms with Gasteiger partial charge in [-0.3, -0.25) is 9.59 Å². The molecule has 0 saturated carbocycles. The molecule has 1 N–H and O–H groups in total. The van der Waals surface area contributed by atoms with Crippen molar-refractivity contribution >= 4 is 11.9 Å². The number of hydrogen-bond donors (Lipinski definition) is 1. The molecule has 0 aliphatic heterocycles. The highest BCUT2D eigenvalue weighted by Crippen LogP contribution is 2.14. The zero-order chi connectivity index (χ0) is 49.2. The van der Waals surface area contributed by atoms with E-state index in [1.54, 1.807) is 0 Å². The number of unbranched alkanes of at least 4 members (excludes halogenated alkanes) is 16. The van der Waals surface area contributed by atoms with Gasteiger partial charge in [-0.1, -0.05) is 237 Å². The quantitative estimate of drug-likeness (QED) is 0.0374. The van der Waals surface area contributed by atoms with Crippen LogP contribution in [0.1, 0.15) is 219 Å². The highest BCUT2D eigenvalue weighted by molar-refractivity contribution is 5.70. The average molecular weight is 937 g/mol. The van der Waals surface area contributed by atoms with E-state index in [-0.39, 0.29) is 25.2 Å². The molecule has 0 fully saturated rings. The van der Waals surface area contributed by atoms with Gasteiger partial charge in [-0.2, -0.15) is 0 Å². The fraction of sp³-hybridized carbons (Fsp3) is 0.587. The maximum atomic E-state index is 12.3. The molecule has 0 radical (unpaired) electrons. The SMILES string of the molecule is CC/C=C\C/C=C\C/C=C\C/C=C\C/C=C\C/C=C\C/C=C\C/C=C\CCCCCCCCCCCCC(=O)OC(CO)COC(=O)CCCCCCCC/C=C\C/C=C\C/C=C\C/C=C\CC. The van der Waals surface area contributed by atoms with Crippen LogP contribution in [-0.4, -0.2) is 36.4 Å². The van der Waals surface area contributed by atoms with Gasteiger partial charge in [0.25, 0.3) is 0 Å². The highest BCUT2D eigenvalue weighted by atomic mass is 16.6. The number of rotatable bonds is 48. The average Bonchev–Trinajstić information content (AvgIpc) is 3.34. The largest absolute Gasteiger partial charge is 0.462 e. The molecule has 382 valence electrons. The lowest BCUT2D eigenvalue weighted by Crippen LogP contribution is -2.28. The summed E-state index contributed by atoms with van der Waals surface area (Å²) in [6.45, 7) is 3.89. The number of carbonyl (C=O) groups excluding carboxylic acids is 2. The maximum Gasteiger partial charge on any atom is 0.306 e. The first-order chi connectivity index (χ1) is 33.6. The van der Waals surface area contributed by atoms with E-state index in [9.17, 15) is 14.7 Å². The van der Waals surface area contributed by atoms with E-state index in [0.29, 0.717) is 12.8 Å². The van der Waals surface area contributed by atoms with Gasteiger partial charge in [0.1, 0.15) is 6.61 Å². The predicted molar refractivity (Wildman–Crippen MR) is 297 cm³/mol. The van der Waals surface area contributed by atoms with Gasteiger partial charge in [-0.25, -0.2) is 0 Å². The van der Waals surface area contributed by atoms with E-state index in [2.05, 4.69) is 160 Å². The van der Waals surface area contributed by atoms with Gasteiger partial charge in [-0.05, 0) is 116 Å². The van der Waals surface area contributed by atoms with Crippen molar-refractivity contribution in [3.05, 3.63) is 146 Å². The summed E-state index contributed by atoms with van der Waals surface area (Å²) >= 11 is 0. The molecule has 0 aliphatic carbocycles. The molecule has 0 heterocycles. The molecule has 0 aromatic carbocycles. The molecule has 68 heavy (non-hydrogen) atoms. The number of carbonyl (C=O) groups is 2. The minimum Gasteiger partial charge on any atom is -0.462 e. The van der Waals surface area contributed by atoms with Crippen LogP contribution in [0.4, 0.5) is 0 Å². The predicted octanol–water partition coefficient (Wildman–Crippen LogP) is 18.6. The Hall–Kier alpha value is -4.22. The van der Waals surface area contributed by atoms with Gasteiger partial charge in [0.05, 0.1) is 6.61 Å². The minimum atomic E-state index is -0.792. The molecule has 0 rings (SSSR count). The molecule has 0 aromatic rings.